The molecule has 0 aliphatic carbocycles. The van der Waals surface area contributed by atoms with Crippen LogP contribution < -0.4 is 10.9 Å². The summed E-state index contributed by atoms with van der Waals surface area (Å²) >= 11 is 1.59. The summed E-state index contributed by atoms with van der Waals surface area (Å²) in [5.41, 5.74) is 2.16. The van der Waals surface area contributed by atoms with Gasteiger partial charge < -0.3 is 14.3 Å². The standard InChI is InChI=1S/C22H23N3O3S/c26-21(23-9-15-5-7-29-14-15)19-3-4-20-17-8-16(11-25(20)22(19)27)10-24(12-17)13-18-2-1-6-28-18/h1-7,14,16-17H,8-13H2,(H,23,26)/t16-,17+/m0/s1. The fourth-order valence-electron chi connectivity index (χ4n) is 4.64. The number of pyridine rings is 1. The van der Waals surface area contributed by atoms with Crippen LogP contribution in [0.4, 0.5) is 0 Å². The lowest BCUT2D eigenvalue weighted by Gasteiger charge is -2.42. The van der Waals surface area contributed by atoms with E-state index in [9.17, 15) is 9.59 Å². The molecule has 2 aliphatic rings. The highest BCUT2D eigenvalue weighted by atomic mass is 32.1. The molecule has 0 unspecified atom stereocenters. The predicted molar refractivity (Wildman–Crippen MR) is 111 cm³/mol. The van der Waals surface area contributed by atoms with E-state index in [1.165, 1.54) is 0 Å². The Morgan fingerprint density at radius 2 is 2.14 bits per heavy atom. The maximum absolute atomic E-state index is 13.1. The molecule has 0 aromatic carbocycles. The lowest BCUT2D eigenvalue weighted by Crippen LogP contribution is -2.47. The van der Waals surface area contributed by atoms with Gasteiger partial charge in [-0.3, -0.25) is 14.5 Å². The Hall–Kier alpha value is -2.64. The first kappa shape index (κ1) is 18.4. The Labute approximate surface area is 172 Å². The van der Waals surface area contributed by atoms with E-state index in [2.05, 4.69) is 10.2 Å². The summed E-state index contributed by atoms with van der Waals surface area (Å²) in [5, 5.41) is 6.84. The third-order valence-electron chi connectivity index (χ3n) is 5.92. The summed E-state index contributed by atoms with van der Waals surface area (Å²) < 4.78 is 7.33. The molecular weight excluding hydrogens is 386 g/mol. The number of carbonyl (C=O) groups is 1. The number of amides is 1. The van der Waals surface area contributed by atoms with Gasteiger partial charge in [0.2, 0.25) is 0 Å². The molecule has 6 nitrogen and oxygen atoms in total. The summed E-state index contributed by atoms with van der Waals surface area (Å²) in [6.45, 7) is 3.76. The number of likely N-dealkylation sites (tertiary alicyclic amines) is 1. The molecule has 1 N–H and O–H groups in total. The molecule has 3 aromatic heterocycles. The molecule has 3 aromatic rings. The van der Waals surface area contributed by atoms with Gasteiger partial charge in [-0.25, -0.2) is 0 Å². The zero-order valence-electron chi connectivity index (χ0n) is 16.0. The fraction of sp³-hybridized carbons (Fsp3) is 0.364. The molecule has 0 radical (unpaired) electrons. The zero-order valence-corrected chi connectivity index (χ0v) is 16.9. The second kappa shape index (κ2) is 7.65. The number of hydrogen-bond acceptors (Lipinski definition) is 5. The van der Waals surface area contributed by atoms with Crippen molar-refractivity contribution in [3.8, 4) is 0 Å². The molecule has 29 heavy (non-hydrogen) atoms. The third kappa shape index (κ3) is 3.68. The Morgan fingerprint density at radius 1 is 1.21 bits per heavy atom. The molecule has 5 heterocycles. The number of fused-ring (bicyclic) bond motifs is 4. The molecule has 1 amide bonds. The number of aromatic nitrogens is 1. The van der Waals surface area contributed by atoms with Crippen LogP contribution in [0.5, 0.6) is 0 Å². The van der Waals surface area contributed by atoms with Crippen molar-refractivity contribution >= 4 is 17.2 Å². The van der Waals surface area contributed by atoms with E-state index in [0.29, 0.717) is 24.9 Å². The van der Waals surface area contributed by atoms with Gasteiger partial charge in [0.05, 0.1) is 12.8 Å². The van der Waals surface area contributed by atoms with Gasteiger partial charge in [0, 0.05) is 37.8 Å². The highest BCUT2D eigenvalue weighted by Gasteiger charge is 2.35. The number of rotatable bonds is 5. The van der Waals surface area contributed by atoms with E-state index >= 15 is 0 Å². The van der Waals surface area contributed by atoms with Gasteiger partial charge in [0.15, 0.2) is 0 Å². The van der Waals surface area contributed by atoms with Crippen molar-refractivity contribution in [1.82, 2.24) is 14.8 Å². The quantitative estimate of drug-likeness (QED) is 0.703. The van der Waals surface area contributed by atoms with Gasteiger partial charge in [-0.2, -0.15) is 11.3 Å². The summed E-state index contributed by atoms with van der Waals surface area (Å²) in [4.78, 5) is 28.1. The Kier molecular flexibility index (Phi) is 4.85. The van der Waals surface area contributed by atoms with Gasteiger partial charge in [0.25, 0.3) is 11.5 Å². The van der Waals surface area contributed by atoms with E-state index in [1.807, 2.05) is 39.6 Å². The molecule has 150 valence electrons. The molecule has 0 saturated carbocycles. The predicted octanol–water partition coefficient (Wildman–Crippen LogP) is 3.05. The van der Waals surface area contributed by atoms with E-state index in [0.717, 1.165) is 43.1 Å². The molecule has 5 rings (SSSR count). The van der Waals surface area contributed by atoms with Crippen molar-refractivity contribution in [3.05, 3.63) is 80.3 Å². The first-order chi connectivity index (χ1) is 14.2. The van der Waals surface area contributed by atoms with E-state index < -0.39 is 0 Å². The van der Waals surface area contributed by atoms with Gasteiger partial charge in [0.1, 0.15) is 11.3 Å². The van der Waals surface area contributed by atoms with Crippen molar-refractivity contribution in [2.45, 2.75) is 32.0 Å². The second-order valence-corrected chi connectivity index (χ2v) is 8.75. The van der Waals surface area contributed by atoms with Crippen LogP contribution in [0.2, 0.25) is 0 Å². The largest absolute Gasteiger partial charge is 0.468 e. The third-order valence-corrected chi connectivity index (χ3v) is 6.65. The summed E-state index contributed by atoms with van der Waals surface area (Å²) in [6.07, 6.45) is 2.80. The minimum absolute atomic E-state index is 0.167. The molecule has 7 heteroatoms. The van der Waals surface area contributed by atoms with Gasteiger partial charge >= 0.3 is 0 Å². The minimum Gasteiger partial charge on any atom is -0.468 e. The number of hydrogen-bond donors (Lipinski definition) is 1. The van der Waals surface area contributed by atoms with E-state index in [-0.39, 0.29) is 17.0 Å². The van der Waals surface area contributed by atoms with E-state index in [1.54, 1.807) is 23.7 Å². The maximum Gasteiger partial charge on any atom is 0.263 e. The van der Waals surface area contributed by atoms with E-state index in [4.69, 9.17) is 4.42 Å². The lowest BCUT2D eigenvalue weighted by molar-refractivity contribution is 0.0941. The minimum atomic E-state index is -0.299. The second-order valence-electron chi connectivity index (χ2n) is 7.97. The Balaban J connectivity index is 1.34. The van der Waals surface area contributed by atoms with Crippen molar-refractivity contribution in [2.75, 3.05) is 13.1 Å². The molecule has 2 bridgehead atoms. The van der Waals surface area contributed by atoms with Gasteiger partial charge in [-0.15, -0.1) is 0 Å². The van der Waals surface area contributed by atoms with Crippen molar-refractivity contribution in [3.63, 3.8) is 0 Å². The molecule has 0 spiro atoms. The normalized spacial score (nSPS) is 21.0. The monoisotopic (exact) mass is 409 g/mol. The van der Waals surface area contributed by atoms with Crippen LogP contribution >= 0.6 is 11.3 Å². The molecule has 2 aliphatic heterocycles. The number of thiophene rings is 1. The molecular formula is C22H23N3O3S. The van der Waals surface area contributed by atoms with Crippen LogP contribution in [-0.4, -0.2) is 28.5 Å². The average Bonchev–Trinajstić information content (AvgIpc) is 3.41. The number of nitrogens with one attached hydrogen (secondary N) is 1. The van der Waals surface area contributed by atoms with Crippen molar-refractivity contribution in [2.24, 2.45) is 5.92 Å². The van der Waals surface area contributed by atoms with Crippen LogP contribution in [0.25, 0.3) is 0 Å². The first-order valence-electron chi connectivity index (χ1n) is 9.95. The highest BCUT2D eigenvalue weighted by molar-refractivity contribution is 7.07. The van der Waals surface area contributed by atoms with Crippen LogP contribution in [0.15, 0.2) is 56.6 Å². The lowest BCUT2D eigenvalue weighted by atomic mass is 9.83. The van der Waals surface area contributed by atoms with Crippen LogP contribution in [0.3, 0.4) is 0 Å². The Bertz CT molecular complexity index is 1060. The molecule has 2 atom stereocenters. The average molecular weight is 410 g/mol. The molecule has 1 fully saturated rings. The van der Waals surface area contributed by atoms with Crippen LogP contribution in [0, 0.1) is 5.92 Å². The Morgan fingerprint density at radius 3 is 2.93 bits per heavy atom. The number of piperidine rings is 1. The number of nitrogens with zero attached hydrogens (tertiary/aromatic N) is 2. The smallest absolute Gasteiger partial charge is 0.263 e. The summed E-state index contributed by atoms with van der Waals surface area (Å²) in [6, 6.07) is 9.56. The molecule has 1 saturated heterocycles. The highest BCUT2D eigenvalue weighted by Crippen LogP contribution is 2.35. The fourth-order valence-corrected chi connectivity index (χ4v) is 5.31. The van der Waals surface area contributed by atoms with Crippen molar-refractivity contribution in [1.29, 1.82) is 0 Å². The number of furan rings is 1. The number of carbonyl (C=O) groups excluding carboxylic acids is 1. The summed E-state index contributed by atoms with van der Waals surface area (Å²) in [7, 11) is 0. The maximum atomic E-state index is 13.1. The first-order valence-corrected chi connectivity index (χ1v) is 10.9. The SMILES string of the molecule is O=C(NCc1ccsc1)c1ccc2n(c1=O)C[C@H]1C[C@@H]2CN(Cc2ccco2)C1. The summed E-state index contributed by atoms with van der Waals surface area (Å²) in [5.74, 6) is 1.40. The van der Waals surface area contributed by atoms with Crippen molar-refractivity contribution < 1.29 is 9.21 Å². The van der Waals surface area contributed by atoms with Gasteiger partial charge in [-0.05, 0) is 59.0 Å². The van der Waals surface area contributed by atoms with Crippen LogP contribution in [-0.2, 0) is 19.6 Å². The van der Waals surface area contributed by atoms with Crippen LogP contribution in [0.1, 0.15) is 39.7 Å². The zero-order chi connectivity index (χ0) is 19.8. The topological polar surface area (TPSA) is 67.5 Å². The van der Waals surface area contributed by atoms with Gasteiger partial charge in [-0.1, -0.05) is 0 Å².